The number of nitrogens with zero attached hydrogens (tertiary/aromatic N) is 1. The van der Waals surface area contributed by atoms with Crippen LogP contribution in [0.15, 0.2) is 46.9 Å². The van der Waals surface area contributed by atoms with Gasteiger partial charge in [-0.15, -0.1) is 0 Å². The molecule has 1 N–H and O–H groups in total. The maximum Gasteiger partial charge on any atom is 0.345 e. The van der Waals surface area contributed by atoms with Gasteiger partial charge in [0, 0.05) is 16.2 Å². The van der Waals surface area contributed by atoms with Crippen molar-refractivity contribution in [2.45, 2.75) is 6.92 Å². The maximum absolute atomic E-state index is 11.9. The predicted molar refractivity (Wildman–Crippen MR) is 90.9 cm³/mol. The Kier molecular flexibility index (Phi) is 5.64. The van der Waals surface area contributed by atoms with Crippen LogP contribution in [0.3, 0.4) is 0 Å². The molecule has 0 heterocycles. The van der Waals surface area contributed by atoms with Crippen LogP contribution in [0.4, 0.5) is 11.4 Å². The number of aryl methyl sites for hydroxylation is 1. The minimum Gasteiger partial charge on any atom is -0.452 e. The fraction of sp³-hybridized carbons (Fsp3) is 0.125. The molecule has 2 aromatic rings. The number of hydrogen-bond donors (Lipinski definition) is 1. The van der Waals surface area contributed by atoms with Crippen molar-refractivity contribution in [1.82, 2.24) is 0 Å². The zero-order valence-electron chi connectivity index (χ0n) is 12.6. The van der Waals surface area contributed by atoms with Crippen LogP contribution in [0, 0.1) is 17.0 Å². The number of anilines is 1. The molecule has 124 valence electrons. The summed E-state index contributed by atoms with van der Waals surface area (Å²) in [5.41, 5.74) is 0.924. The molecule has 2 aromatic carbocycles. The first-order valence-electron chi connectivity index (χ1n) is 6.85. The van der Waals surface area contributed by atoms with Crippen LogP contribution in [0.1, 0.15) is 15.9 Å². The SMILES string of the molecule is Cc1cc(NC(=O)COC(=O)c2ccccc2[N+](=O)[O-])ccc1Br. The molecule has 0 radical (unpaired) electrons. The summed E-state index contributed by atoms with van der Waals surface area (Å²) in [7, 11) is 0. The van der Waals surface area contributed by atoms with Gasteiger partial charge in [0.25, 0.3) is 11.6 Å². The van der Waals surface area contributed by atoms with Gasteiger partial charge in [0.15, 0.2) is 6.61 Å². The highest BCUT2D eigenvalue weighted by atomic mass is 79.9. The Labute approximate surface area is 145 Å². The van der Waals surface area contributed by atoms with E-state index in [1.165, 1.54) is 24.3 Å². The van der Waals surface area contributed by atoms with Crippen LogP contribution in [0.2, 0.25) is 0 Å². The van der Waals surface area contributed by atoms with Gasteiger partial charge < -0.3 is 10.1 Å². The van der Waals surface area contributed by atoms with E-state index in [2.05, 4.69) is 21.2 Å². The first-order chi connectivity index (χ1) is 11.4. The zero-order valence-corrected chi connectivity index (χ0v) is 14.2. The highest BCUT2D eigenvalue weighted by Gasteiger charge is 2.21. The van der Waals surface area contributed by atoms with E-state index in [9.17, 15) is 19.7 Å². The molecule has 1 amide bonds. The molecule has 7 nitrogen and oxygen atoms in total. The number of esters is 1. The number of halogens is 1. The number of rotatable bonds is 5. The van der Waals surface area contributed by atoms with Crippen LogP contribution in [-0.4, -0.2) is 23.4 Å². The highest BCUT2D eigenvalue weighted by Crippen LogP contribution is 2.20. The summed E-state index contributed by atoms with van der Waals surface area (Å²) in [6.07, 6.45) is 0. The van der Waals surface area contributed by atoms with Gasteiger partial charge in [-0.25, -0.2) is 4.79 Å². The van der Waals surface area contributed by atoms with Gasteiger partial charge in [-0.2, -0.15) is 0 Å². The molecular weight excluding hydrogens is 380 g/mol. The lowest BCUT2D eigenvalue weighted by molar-refractivity contribution is -0.385. The fourth-order valence-electron chi connectivity index (χ4n) is 1.93. The normalized spacial score (nSPS) is 10.1. The van der Waals surface area contributed by atoms with Gasteiger partial charge >= 0.3 is 5.97 Å². The molecule has 0 spiro atoms. The van der Waals surface area contributed by atoms with Gasteiger partial charge in [0.05, 0.1) is 4.92 Å². The largest absolute Gasteiger partial charge is 0.452 e. The number of carbonyl (C=O) groups is 2. The topological polar surface area (TPSA) is 98.5 Å². The molecule has 0 atom stereocenters. The lowest BCUT2D eigenvalue weighted by Gasteiger charge is -2.08. The number of benzene rings is 2. The highest BCUT2D eigenvalue weighted by molar-refractivity contribution is 9.10. The minimum atomic E-state index is -0.926. The minimum absolute atomic E-state index is 0.199. The molecule has 0 aliphatic carbocycles. The summed E-state index contributed by atoms with van der Waals surface area (Å²) >= 11 is 3.35. The van der Waals surface area contributed by atoms with Crippen molar-refractivity contribution in [2.24, 2.45) is 0 Å². The molecular formula is C16H13BrN2O5. The third-order valence-corrected chi connectivity index (χ3v) is 3.99. The van der Waals surface area contributed by atoms with Crippen molar-refractivity contribution >= 4 is 39.2 Å². The standard InChI is InChI=1S/C16H13BrN2O5/c1-10-8-11(6-7-13(10)17)18-15(20)9-24-16(21)12-4-2-3-5-14(12)19(22)23/h2-8H,9H2,1H3,(H,18,20). The molecule has 0 bridgehead atoms. The summed E-state index contributed by atoms with van der Waals surface area (Å²) in [5.74, 6) is -1.46. The first-order valence-corrected chi connectivity index (χ1v) is 7.64. The quantitative estimate of drug-likeness (QED) is 0.477. The summed E-state index contributed by atoms with van der Waals surface area (Å²) in [6, 6.07) is 10.6. The van der Waals surface area contributed by atoms with Gasteiger partial charge in [-0.1, -0.05) is 28.1 Å². The van der Waals surface area contributed by atoms with Gasteiger partial charge in [-0.3, -0.25) is 14.9 Å². The molecule has 0 saturated heterocycles. The van der Waals surface area contributed by atoms with E-state index in [4.69, 9.17) is 4.74 Å². The van der Waals surface area contributed by atoms with Crippen LogP contribution in [0.25, 0.3) is 0 Å². The predicted octanol–water partition coefficient (Wildman–Crippen LogP) is 3.46. The molecule has 8 heteroatoms. The van der Waals surface area contributed by atoms with E-state index in [0.29, 0.717) is 5.69 Å². The number of nitro groups is 1. The molecule has 0 aliphatic rings. The van der Waals surface area contributed by atoms with Crippen LogP contribution >= 0.6 is 15.9 Å². The molecule has 24 heavy (non-hydrogen) atoms. The second-order valence-corrected chi connectivity index (χ2v) is 5.72. The summed E-state index contributed by atoms with van der Waals surface area (Å²) in [6.45, 7) is 1.33. The van der Waals surface area contributed by atoms with Crippen molar-refractivity contribution in [2.75, 3.05) is 11.9 Å². The van der Waals surface area contributed by atoms with Crippen LogP contribution in [-0.2, 0) is 9.53 Å². The summed E-state index contributed by atoms with van der Waals surface area (Å²) in [5, 5.41) is 13.5. The van der Waals surface area contributed by atoms with Crippen molar-refractivity contribution in [3.63, 3.8) is 0 Å². The second-order valence-electron chi connectivity index (χ2n) is 4.86. The average molecular weight is 393 g/mol. The molecule has 2 rings (SSSR count). The molecule has 0 aromatic heterocycles. The number of nitro benzene ring substituents is 1. The van der Waals surface area contributed by atoms with Crippen molar-refractivity contribution in [3.8, 4) is 0 Å². The number of hydrogen-bond acceptors (Lipinski definition) is 5. The molecule has 0 aliphatic heterocycles. The first kappa shape index (κ1) is 17.6. The fourth-order valence-corrected chi connectivity index (χ4v) is 2.18. The Morgan fingerprint density at radius 2 is 1.96 bits per heavy atom. The van der Waals surface area contributed by atoms with Crippen LogP contribution < -0.4 is 5.32 Å². The molecule has 0 unspecified atom stereocenters. The smallest absolute Gasteiger partial charge is 0.345 e. The summed E-state index contributed by atoms with van der Waals surface area (Å²) < 4.78 is 5.75. The lowest BCUT2D eigenvalue weighted by Crippen LogP contribution is -2.21. The lowest BCUT2D eigenvalue weighted by atomic mass is 10.2. The number of amides is 1. The zero-order chi connectivity index (χ0) is 17.7. The Hall–Kier alpha value is -2.74. The second kappa shape index (κ2) is 7.69. The van der Waals surface area contributed by atoms with E-state index in [1.807, 2.05) is 6.92 Å². The molecule has 0 saturated carbocycles. The third-order valence-electron chi connectivity index (χ3n) is 3.10. The maximum atomic E-state index is 11.9. The Morgan fingerprint density at radius 1 is 1.25 bits per heavy atom. The third kappa shape index (κ3) is 4.39. The van der Waals surface area contributed by atoms with E-state index >= 15 is 0 Å². The Morgan fingerprint density at radius 3 is 2.62 bits per heavy atom. The average Bonchev–Trinajstić information content (AvgIpc) is 2.56. The Bertz CT molecular complexity index is 807. The number of ether oxygens (including phenoxy) is 1. The van der Waals surface area contributed by atoms with Gasteiger partial charge in [-0.05, 0) is 36.8 Å². The van der Waals surface area contributed by atoms with Gasteiger partial charge in [0.1, 0.15) is 5.56 Å². The van der Waals surface area contributed by atoms with Crippen molar-refractivity contribution < 1.29 is 19.2 Å². The van der Waals surface area contributed by atoms with Crippen molar-refractivity contribution in [3.05, 3.63) is 68.2 Å². The van der Waals surface area contributed by atoms with E-state index in [0.717, 1.165) is 10.0 Å². The Balaban J connectivity index is 1.97. The van der Waals surface area contributed by atoms with Gasteiger partial charge in [0.2, 0.25) is 0 Å². The molecule has 0 fully saturated rings. The van der Waals surface area contributed by atoms with E-state index in [-0.39, 0.29) is 11.3 Å². The number of carbonyl (C=O) groups excluding carboxylic acids is 2. The summed E-state index contributed by atoms with van der Waals surface area (Å²) in [4.78, 5) is 33.9. The number of para-hydroxylation sites is 1. The van der Waals surface area contributed by atoms with E-state index < -0.39 is 23.4 Å². The van der Waals surface area contributed by atoms with Crippen molar-refractivity contribution in [1.29, 1.82) is 0 Å². The van der Waals surface area contributed by atoms with E-state index in [1.54, 1.807) is 18.2 Å². The monoisotopic (exact) mass is 392 g/mol. The number of nitrogens with one attached hydrogen (secondary N) is 1. The van der Waals surface area contributed by atoms with Crippen LogP contribution in [0.5, 0.6) is 0 Å².